The van der Waals surface area contributed by atoms with Gasteiger partial charge in [0, 0.05) is 13.2 Å². The zero-order valence-corrected chi connectivity index (χ0v) is 11.8. The maximum absolute atomic E-state index is 11.6. The largest absolute Gasteiger partial charge is 0.376 e. The lowest BCUT2D eigenvalue weighted by Crippen LogP contribution is -3.14. The number of carbonyl (C=O) groups is 1. The van der Waals surface area contributed by atoms with Crippen molar-refractivity contribution >= 4 is 5.91 Å². The second-order valence-electron chi connectivity index (χ2n) is 4.93. The molecule has 0 aliphatic carbocycles. The fraction of sp³-hybridized carbons (Fsp3) is 0.923. The zero-order chi connectivity index (χ0) is 13.2. The highest BCUT2D eigenvalue weighted by Crippen LogP contribution is 2.10. The molecule has 0 spiro atoms. The molecule has 1 rings (SSSR count). The molecular weight excluding hydrogens is 230 g/mol. The van der Waals surface area contributed by atoms with Crippen LogP contribution in [0.25, 0.3) is 0 Å². The SMILES string of the molecule is CC[NH+](CC)CC[NH2+]CC(=O)NC[C@@H]1CCCO1. The van der Waals surface area contributed by atoms with E-state index in [1.165, 1.54) is 0 Å². The third-order valence-electron chi connectivity index (χ3n) is 3.58. The summed E-state index contributed by atoms with van der Waals surface area (Å²) in [6, 6.07) is 0. The maximum atomic E-state index is 11.6. The van der Waals surface area contributed by atoms with Gasteiger partial charge in [-0.05, 0) is 26.7 Å². The first-order valence-corrected chi connectivity index (χ1v) is 7.29. The fourth-order valence-electron chi connectivity index (χ4n) is 2.25. The summed E-state index contributed by atoms with van der Waals surface area (Å²) in [4.78, 5) is 13.2. The molecule has 1 fully saturated rings. The van der Waals surface area contributed by atoms with Crippen LogP contribution in [-0.2, 0) is 9.53 Å². The minimum Gasteiger partial charge on any atom is -0.376 e. The van der Waals surface area contributed by atoms with Crippen molar-refractivity contribution in [3.8, 4) is 0 Å². The van der Waals surface area contributed by atoms with Crippen LogP contribution < -0.4 is 15.5 Å². The van der Waals surface area contributed by atoms with Crippen molar-refractivity contribution in [1.82, 2.24) is 5.32 Å². The lowest BCUT2D eigenvalue weighted by molar-refractivity contribution is -0.908. The van der Waals surface area contributed by atoms with Crippen LogP contribution in [0, 0.1) is 0 Å². The van der Waals surface area contributed by atoms with Crippen molar-refractivity contribution in [3.63, 3.8) is 0 Å². The van der Waals surface area contributed by atoms with Gasteiger partial charge in [-0.3, -0.25) is 4.79 Å². The number of ether oxygens (including phenoxy) is 1. The summed E-state index contributed by atoms with van der Waals surface area (Å²) < 4.78 is 5.46. The maximum Gasteiger partial charge on any atom is 0.275 e. The average Bonchev–Trinajstić information content (AvgIpc) is 2.90. The summed E-state index contributed by atoms with van der Waals surface area (Å²) in [5, 5.41) is 5.03. The quantitative estimate of drug-likeness (QED) is 0.411. The van der Waals surface area contributed by atoms with E-state index in [2.05, 4.69) is 24.5 Å². The van der Waals surface area contributed by atoms with Gasteiger partial charge in [0.1, 0.15) is 13.1 Å². The highest BCUT2D eigenvalue weighted by atomic mass is 16.5. The number of likely N-dealkylation sites (N-methyl/N-ethyl adjacent to an activating group) is 1. The predicted molar refractivity (Wildman–Crippen MR) is 70.6 cm³/mol. The Bertz CT molecular complexity index is 226. The molecule has 0 aromatic rings. The van der Waals surface area contributed by atoms with Crippen LogP contribution in [0.3, 0.4) is 0 Å². The number of hydrogen-bond donors (Lipinski definition) is 3. The molecule has 5 nitrogen and oxygen atoms in total. The molecule has 1 saturated heterocycles. The first-order chi connectivity index (χ1) is 8.76. The fourth-order valence-corrected chi connectivity index (χ4v) is 2.25. The summed E-state index contributed by atoms with van der Waals surface area (Å²) in [5.74, 6) is 0.125. The zero-order valence-electron chi connectivity index (χ0n) is 11.8. The molecule has 0 aromatic heterocycles. The summed E-state index contributed by atoms with van der Waals surface area (Å²) in [5.41, 5.74) is 0. The third-order valence-corrected chi connectivity index (χ3v) is 3.58. The molecule has 0 saturated carbocycles. The topological polar surface area (TPSA) is 59.4 Å². The highest BCUT2D eigenvalue weighted by Gasteiger charge is 2.16. The molecule has 4 N–H and O–H groups in total. The Morgan fingerprint density at radius 2 is 2.22 bits per heavy atom. The van der Waals surface area contributed by atoms with Crippen molar-refractivity contribution in [3.05, 3.63) is 0 Å². The summed E-state index contributed by atoms with van der Waals surface area (Å²) in [7, 11) is 0. The lowest BCUT2D eigenvalue weighted by atomic mass is 10.2. The minimum absolute atomic E-state index is 0.125. The van der Waals surface area contributed by atoms with E-state index in [1.54, 1.807) is 4.90 Å². The Balaban J connectivity index is 1.96. The summed E-state index contributed by atoms with van der Waals surface area (Å²) >= 11 is 0. The second kappa shape index (κ2) is 9.30. The molecule has 0 bridgehead atoms. The van der Waals surface area contributed by atoms with E-state index < -0.39 is 0 Å². The van der Waals surface area contributed by atoms with Crippen molar-refractivity contribution in [2.24, 2.45) is 0 Å². The number of hydrogen-bond acceptors (Lipinski definition) is 2. The Labute approximate surface area is 110 Å². The molecule has 1 aliphatic heterocycles. The van der Waals surface area contributed by atoms with Crippen molar-refractivity contribution < 1.29 is 19.7 Å². The van der Waals surface area contributed by atoms with E-state index in [-0.39, 0.29) is 12.0 Å². The summed E-state index contributed by atoms with van der Waals surface area (Å²) in [6.45, 7) is 10.9. The number of carbonyl (C=O) groups excluding carboxylic acids is 1. The minimum atomic E-state index is 0.125. The van der Waals surface area contributed by atoms with Crippen LogP contribution in [0.2, 0.25) is 0 Å². The second-order valence-corrected chi connectivity index (χ2v) is 4.93. The normalized spacial score (nSPS) is 19.4. The molecule has 1 amide bonds. The van der Waals surface area contributed by atoms with E-state index >= 15 is 0 Å². The van der Waals surface area contributed by atoms with Gasteiger partial charge in [-0.15, -0.1) is 0 Å². The van der Waals surface area contributed by atoms with Gasteiger partial charge in [0.2, 0.25) is 0 Å². The Hall–Kier alpha value is -0.650. The molecule has 1 atom stereocenters. The van der Waals surface area contributed by atoms with Gasteiger partial charge < -0.3 is 20.3 Å². The molecule has 0 aromatic carbocycles. The molecular formula is C13H29N3O2+2. The number of nitrogens with two attached hydrogens (primary N) is 1. The third kappa shape index (κ3) is 6.33. The monoisotopic (exact) mass is 259 g/mol. The van der Waals surface area contributed by atoms with Gasteiger partial charge in [0.15, 0.2) is 6.54 Å². The molecule has 106 valence electrons. The van der Waals surface area contributed by atoms with Gasteiger partial charge in [-0.25, -0.2) is 0 Å². The molecule has 18 heavy (non-hydrogen) atoms. The van der Waals surface area contributed by atoms with E-state index in [0.29, 0.717) is 13.1 Å². The van der Waals surface area contributed by atoms with Crippen LogP contribution >= 0.6 is 0 Å². The molecule has 5 heteroatoms. The highest BCUT2D eigenvalue weighted by molar-refractivity contribution is 5.76. The van der Waals surface area contributed by atoms with Gasteiger partial charge in [-0.1, -0.05) is 0 Å². The van der Waals surface area contributed by atoms with E-state index in [4.69, 9.17) is 4.74 Å². The van der Waals surface area contributed by atoms with Crippen molar-refractivity contribution in [2.75, 3.05) is 45.9 Å². The van der Waals surface area contributed by atoms with Gasteiger partial charge in [-0.2, -0.15) is 0 Å². The van der Waals surface area contributed by atoms with E-state index in [1.807, 2.05) is 0 Å². The summed E-state index contributed by atoms with van der Waals surface area (Å²) in [6.07, 6.45) is 2.45. The lowest BCUT2D eigenvalue weighted by Gasteiger charge is -2.14. The smallest absolute Gasteiger partial charge is 0.275 e. The van der Waals surface area contributed by atoms with Crippen LogP contribution in [0.4, 0.5) is 0 Å². The Morgan fingerprint density at radius 3 is 2.83 bits per heavy atom. The van der Waals surface area contributed by atoms with Crippen LogP contribution in [0.1, 0.15) is 26.7 Å². The standard InChI is InChI=1S/C13H27N3O2/c1-3-16(4-2)8-7-14-11-13(17)15-10-12-6-5-9-18-12/h12,14H,3-11H2,1-2H3,(H,15,17)/p+2/t12-/m0/s1. The van der Waals surface area contributed by atoms with E-state index in [0.717, 1.165) is 45.6 Å². The predicted octanol–water partition coefficient (Wildman–Crippen LogP) is -2.23. The van der Waals surface area contributed by atoms with Crippen LogP contribution in [0.15, 0.2) is 0 Å². The molecule has 1 aliphatic rings. The Morgan fingerprint density at radius 1 is 1.44 bits per heavy atom. The van der Waals surface area contributed by atoms with Crippen LogP contribution in [-0.4, -0.2) is 57.9 Å². The number of amides is 1. The molecule has 1 heterocycles. The number of nitrogens with one attached hydrogen (secondary N) is 2. The van der Waals surface area contributed by atoms with Crippen LogP contribution in [0.5, 0.6) is 0 Å². The van der Waals surface area contributed by atoms with Gasteiger partial charge in [0.25, 0.3) is 5.91 Å². The number of quaternary nitrogens is 2. The van der Waals surface area contributed by atoms with Crippen molar-refractivity contribution in [2.45, 2.75) is 32.8 Å². The molecule has 0 radical (unpaired) electrons. The number of rotatable bonds is 9. The van der Waals surface area contributed by atoms with E-state index in [9.17, 15) is 4.79 Å². The first kappa shape index (κ1) is 15.4. The van der Waals surface area contributed by atoms with Crippen molar-refractivity contribution in [1.29, 1.82) is 0 Å². The average molecular weight is 259 g/mol. The van der Waals surface area contributed by atoms with Gasteiger partial charge >= 0.3 is 0 Å². The molecule has 0 unspecified atom stereocenters. The van der Waals surface area contributed by atoms with Gasteiger partial charge in [0.05, 0.1) is 19.2 Å². The Kier molecular flexibility index (Phi) is 7.96. The first-order valence-electron chi connectivity index (χ1n) is 7.29.